The quantitative estimate of drug-likeness (QED) is 0.302. The molecule has 0 saturated carbocycles. The van der Waals surface area contributed by atoms with Gasteiger partial charge in [-0.15, -0.1) is 0 Å². The molecule has 1 aliphatic rings. The van der Waals surface area contributed by atoms with Gasteiger partial charge in [0.25, 0.3) is 0 Å². The van der Waals surface area contributed by atoms with Crippen LogP contribution in [0.3, 0.4) is 0 Å². The molecule has 0 aliphatic carbocycles. The van der Waals surface area contributed by atoms with Gasteiger partial charge in [-0.1, -0.05) is 43.3 Å². The Labute approximate surface area is 201 Å². The Bertz CT molecular complexity index is 1060. The van der Waals surface area contributed by atoms with Crippen molar-refractivity contribution in [3.63, 3.8) is 0 Å². The van der Waals surface area contributed by atoms with E-state index in [9.17, 15) is 4.79 Å². The summed E-state index contributed by atoms with van der Waals surface area (Å²) in [4.78, 5) is 26.9. The second-order valence-electron chi connectivity index (χ2n) is 8.32. The van der Waals surface area contributed by atoms with Gasteiger partial charge in [-0.2, -0.15) is 0 Å². The van der Waals surface area contributed by atoms with E-state index < -0.39 is 0 Å². The molecule has 0 N–H and O–H groups in total. The highest BCUT2D eigenvalue weighted by molar-refractivity contribution is 5.99. The van der Waals surface area contributed by atoms with Crippen molar-refractivity contribution < 1.29 is 9.53 Å². The number of benzene rings is 2. The minimum atomic E-state index is -0.00394. The Balaban J connectivity index is 1.56. The van der Waals surface area contributed by atoms with E-state index in [-0.39, 0.29) is 11.9 Å². The lowest BCUT2D eigenvalue weighted by Gasteiger charge is -2.36. The highest BCUT2D eigenvalue weighted by Gasteiger charge is 2.30. The van der Waals surface area contributed by atoms with E-state index in [0.29, 0.717) is 13.2 Å². The van der Waals surface area contributed by atoms with Crippen molar-refractivity contribution in [3.8, 4) is 0 Å². The van der Waals surface area contributed by atoms with Gasteiger partial charge in [-0.3, -0.25) is 9.88 Å². The first-order chi connectivity index (χ1) is 16.7. The number of rotatable bonds is 7. The van der Waals surface area contributed by atoms with Crippen LogP contribution in [0, 0.1) is 0 Å². The monoisotopic (exact) mass is 456 g/mol. The molecule has 1 aliphatic heterocycles. The number of para-hydroxylation sites is 2. The van der Waals surface area contributed by atoms with Crippen LogP contribution in [0.2, 0.25) is 0 Å². The van der Waals surface area contributed by atoms with E-state index in [1.165, 1.54) is 6.40 Å². The number of pyridine rings is 1. The number of aromatic nitrogens is 1. The molecular weight excluding hydrogens is 424 g/mol. The number of nitrogens with zero attached hydrogens (tertiary/aromatic N) is 4. The molecule has 0 radical (unpaired) electrons. The van der Waals surface area contributed by atoms with E-state index >= 15 is 0 Å². The van der Waals surface area contributed by atoms with Gasteiger partial charge < -0.3 is 9.64 Å². The van der Waals surface area contributed by atoms with Crippen LogP contribution in [0.1, 0.15) is 44.0 Å². The Kier molecular flexibility index (Phi) is 7.91. The van der Waals surface area contributed by atoms with E-state index in [4.69, 9.17) is 9.72 Å². The Hall–Kier alpha value is -3.67. The molecule has 1 aromatic heterocycles. The average Bonchev–Trinajstić information content (AvgIpc) is 2.90. The molecular formula is C28H32N4O2. The number of urea groups is 1. The van der Waals surface area contributed by atoms with Crippen LogP contribution in [0.4, 0.5) is 21.9 Å². The van der Waals surface area contributed by atoms with Crippen LogP contribution >= 0.6 is 0 Å². The van der Waals surface area contributed by atoms with Gasteiger partial charge in [0.05, 0.1) is 29.4 Å². The zero-order chi connectivity index (χ0) is 23.8. The van der Waals surface area contributed by atoms with Crippen molar-refractivity contribution in [2.45, 2.75) is 39.0 Å². The fourth-order valence-electron chi connectivity index (χ4n) is 4.34. The third-order valence-electron chi connectivity index (χ3n) is 6.07. The molecule has 176 valence electrons. The fraction of sp³-hybridized carbons (Fsp3) is 0.321. The molecule has 3 aromatic rings. The summed E-state index contributed by atoms with van der Waals surface area (Å²) < 4.78 is 5.25. The Morgan fingerprint density at radius 2 is 1.74 bits per heavy atom. The van der Waals surface area contributed by atoms with Crippen molar-refractivity contribution >= 4 is 29.5 Å². The van der Waals surface area contributed by atoms with Crippen molar-refractivity contribution in [3.05, 3.63) is 84.2 Å². The highest BCUT2D eigenvalue weighted by atomic mass is 16.5. The number of likely N-dealkylation sites (tertiary alicyclic amines) is 1. The van der Waals surface area contributed by atoms with Crippen molar-refractivity contribution in [1.29, 1.82) is 0 Å². The van der Waals surface area contributed by atoms with Crippen LogP contribution in [0.15, 0.2) is 77.8 Å². The van der Waals surface area contributed by atoms with Crippen molar-refractivity contribution in [1.82, 2.24) is 9.88 Å². The Morgan fingerprint density at radius 3 is 2.35 bits per heavy atom. The number of hydrogen-bond acceptors (Lipinski definition) is 4. The molecule has 4 rings (SSSR count). The van der Waals surface area contributed by atoms with Crippen molar-refractivity contribution in [2.75, 3.05) is 24.6 Å². The molecule has 1 saturated heterocycles. The summed E-state index contributed by atoms with van der Waals surface area (Å²) in [5, 5.41) is 0. The lowest BCUT2D eigenvalue weighted by molar-refractivity contribution is 0.188. The molecule has 0 bridgehead atoms. The summed E-state index contributed by atoms with van der Waals surface area (Å²) in [5.41, 5.74) is 4.54. The Morgan fingerprint density at radius 1 is 1.06 bits per heavy atom. The minimum absolute atomic E-state index is 0.00394. The number of carbonyl (C=O) groups is 1. The lowest BCUT2D eigenvalue weighted by Crippen LogP contribution is -2.45. The molecule has 2 heterocycles. The van der Waals surface area contributed by atoms with Gasteiger partial charge in [0, 0.05) is 24.7 Å². The van der Waals surface area contributed by atoms with Crippen LogP contribution in [0.5, 0.6) is 0 Å². The molecule has 34 heavy (non-hydrogen) atoms. The molecule has 1 atom stereocenters. The first kappa shape index (κ1) is 23.5. The molecule has 1 unspecified atom stereocenters. The van der Waals surface area contributed by atoms with E-state index in [1.54, 1.807) is 4.90 Å². The first-order valence-corrected chi connectivity index (χ1v) is 12.0. The SMILES string of the molecule is CCO/C=N/c1ccc(C2CCCN(C(=O)N(c3ccccc3)c3ccccc3)C2)nc1CC. The van der Waals surface area contributed by atoms with Crippen LogP contribution < -0.4 is 4.90 Å². The van der Waals surface area contributed by atoms with Gasteiger partial charge >= 0.3 is 6.03 Å². The molecule has 6 nitrogen and oxygen atoms in total. The molecule has 6 heteroatoms. The summed E-state index contributed by atoms with van der Waals surface area (Å²) in [6.45, 7) is 5.99. The molecule has 2 amide bonds. The number of piperidine rings is 1. The van der Waals surface area contributed by atoms with E-state index in [0.717, 1.165) is 54.3 Å². The van der Waals surface area contributed by atoms with Gasteiger partial charge in [0.2, 0.25) is 0 Å². The largest absolute Gasteiger partial charge is 0.483 e. The number of amides is 2. The van der Waals surface area contributed by atoms with Gasteiger partial charge in [-0.05, 0) is 62.6 Å². The van der Waals surface area contributed by atoms with E-state index in [1.807, 2.05) is 84.6 Å². The third kappa shape index (κ3) is 5.45. The maximum Gasteiger partial charge on any atom is 0.329 e. The minimum Gasteiger partial charge on any atom is -0.483 e. The summed E-state index contributed by atoms with van der Waals surface area (Å²) >= 11 is 0. The van der Waals surface area contributed by atoms with Gasteiger partial charge in [0.1, 0.15) is 0 Å². The normalized spacial score (nSPS) is 15.9. The topological polar surface area (TPSA) is 58.0 Å². The number of carbonyl (C=O) groups excluding carboxylic acids is 1. The number of ether oxygens (including phenoxy) is 1. The standard InChI is InChI=1S/C28H32N4O2/c1-3-25-27(29-21-34-4-2)18-17-26(30-25)22-12-11-19-31(20-22)28(33)32(23-13-7-5-8-14-23)24-15-9-6-10-16-24/h5-10,13-18,21-22H,3-4,11-12,19-20H2,1-2H3/b29-21+. The highest BCUT2D eigenvalue weighted by Crippen LogP contribution is 2.32. The van der Waals surface area contributed by atoms with Crippen LogP contribution in [0.25, 0.3) is 0 Å². The number of aliphatic imine (C=N–C) groups is 1. The predicted octanol–water partition coefficient (Wildman–Crippen LogP) is 6.48. The number of hydrogen-bond donors (Lipinski definition) is 0. The zero-order valence-corrected chi connectivity index (χ0v) is 19.9. The fourth-order valence-corrected chi connectivity index (χ4v) is 4.34. The van der Waals surface area contributed by atoms with Crippen LogP contribution in [-0.2, 0) is 11.2 Å². The molecule has 2 aromatic carbocycles. The second-order valence-corrected chi connectivity index (χ2v) is 8.32. The summed E-state index contributed by atoms with van der Waals surface area (Å²) in [6, 6.07) is 23.7. The molecule has 1 fully saturated rings. The predicted molar refractivity (Wildman–Crippen MR) is 137 cm³/mol. The lowest BCUT2D eigenvalue weighted by atomic mass is 9.94. The summed E-state index contributed by atoms with van der Waals surface area (Å²) in [6.07, 6.45) is 4.23. The van der Waals surface area contributed by atoms with Crippen molar-refractivity contribution in [2.24, 2.45) is 4.99 Å². The average molecular weight is 457 g/mol. The van der Waals surface area contributed by atoms with E-state index in [2.05, 4.69) is 11.9 Å². The molecule has 0 spiro atoms. The third-order valence-corrected chi connectivity index (χ3v) is 6.07. The van der Waals surface area contributed by atoms with Gasteiger partial charge in [0.15, 0.2) is 6.40 Å². The summed E-state index contributed by atoms with van der Waals surface area (Å²) in [7, 11) is 0. The number of aryl methyl sites for hydroxylation is 1. The van der Waals surface area contributed by atoms with Gasteiger partial charge in [-0.25, -0.2) is 9.79 Å². The smallest absolute Gasteiger partial charge is 0.329 e. The number of anilines is 2. The zero-order valence-electron chi connectivity index (χ0n) is 19.9. The first-order valence-electron chi connectivity index (χ1n) is 12.0. The maximum absolute atomic E-state index is 13.8. The maximum atomic E-state index is 13.8. The van der Waals surface area contributed by atoms with Crippen LogP contribution in [-0.4, -0.2) is 42.0 Å². The second kappa shape index (κ2) is 11.5. The summed E-state index contributed by atoms with van der Waals surface area (Å²) in [5.74, 6) is 0.196.